The van der Waals surface area contributed by atoms with E-state index < -0.39 is 0 Å². The molecular weight excluding hydrogens is 256 g/mol. The first-order chi connectivity index (χ1) is 10.2. The Kier molecular flexibility index (Phi) is 4.95. The number of hydrogen-bond acceptors (Lipinski definition) is 2. The number of rotatable bonds is 3. The lowest BCUT2D eigenvalue weighted by molar-refractivity contribution is -0.0583. The van der Waals surface area contributed by atoms with Gasteiger partial charge in [-0.3, -0.25) is 4.90 Å². The highest BCUT2D eigenvalue weighted by Gasteiger charge is 2.49. The highest BCUT2D eigenvalue weighted by atomic mass is 15.3. The Hall–Kier alpha value is -0.0800. The predicted molar refractivity (Wildman–Crippen MR) is 90.7 cm³/mol. The zero-order valence-electron chi connectivity index (χ0n) is 14.4. The van der Waals surface area contributed by atoms with Crippen molar-refractivity contribution in [1.82, 2.24) is 10.2 Å². The Bertz CT molecular complexity index is 322. The lowest BCUT2D eigenvalue weighted by Crippen LogP contribution is -2.72. The molecule has 0 atom stereocenters. The van der Waals surface area contributed by atoms with E-state index in [1.54, 1.807) is 0 Å². The fraction of sp³-hybridized carbons (Fsp3) is 1.00. The molecule has 0 unspecified atom stereocenters. The van der Waals surface area contributed by atoms with Crippen LogP contribution in [0.1, 0.15) is 90.9 Å². The van der Waals surface area contributed by atoms with Gasteiger partial charge >= 0.3 is 0 Å². The third kappa shape index (κ3) is 3.03. The third-order valence-electron chi connectivity index (χ3n) is 6.85. The maximum absolute atomic E-state index is 4.09. The van der Waals surface area contributed by atoms with Crippen LogP contribution in [0.15, 0.2) is 0 Å². The molecule has 0 amide bonds. The van der Waals surface area contributed by atoms with E-state index in [1.807, 2.05) is 0 Å². The van der Waals surface area contributed by atoms with Gasteiger partial charge in [-0.25, -0.2) is 0 Å². The molecule has 2 aliphatic carbocycles. The third-order valence-corrected chi connectivity index (χ3v) is 6.85. The van der Waals surface area contributed by atoms with Crippen LogP contribution in [0.4, 0.5) is 0 Å². The summed E-state index contributed by atoms with van der Waals surface area (Å²) in [6.45, 7) is 7.41. The molecule has 21 heavy (non-hydrogen) atoms. The Morgan fingerprint density at radius 3 is 2.00 bits per heavy atom. The van der Waals surface area contributed by atoms with E-state index in [0.29, 0.717) is 11.1 Å². The second-order valence-corrected chi connectivity index (χ2v) is 8.08. The SMILES string of the molecule is CCC(CC)N1CC2(CCCCC2)NCC12CCCCC2. The first-order valence-corrected chi connectivity index (χ1v) is 9.75. The zero-order valence-corrected chi connectivity index (χ0v) is 14.4. The van der Waals surface area contributed by atoms with E-state index in [2.05, 4.69) is 24.1 Å². The minimum absolute atomic E-state index is 0.462. The molecule has 3 rings (SSSR count). The Labute approximate surface area is 132 Å². The maximum Gasteiger partial charge on any atom is 0.0337 e. The summed E-state index contributed by atoms with van der Waals surface area (Å²) >= 11 is 0. The van der Waals surface area contributed by atoms with Crippen LogP contribution in [-0.4, -0.2) is 35.1 Å². The minimum atomic E-state index is 0.462. The van der Waals surface area contributed by atoms with Gasteiger partial charge in [0.2, 0.25) is 0 Å². The summed E-state index contributed by atoms with van der Waals surface area (Å²) in [7, 11) is 0. The summed E-state index contributed by atoms with van der Waals surface area (Å²) in [5.41, 5.74) is 0.959. The molecule has 0 aromatic rings. The van der Waals surface area contributed by atoms with E-state index in [4.69, 9.17) is 0 Å². The Morgan fingerprint density at radius 2 is 1.43 bits per heavy atom. The van der Waals surface area contributed by atoms with E-state index in [1.165, 1.54) is 90.1 Å². The van der Waals surface area contributed by atoms with Crippen molar-refractivity contribution >= 4 is 0 Å². The van der Waals surface area contributed by atoms with Crippen molar-refractivity contribution in [3.05, 3.63) is 0 Å². The van der Waals surface area contributed by atoms with Gasteiger partial charge in [0.05, 0.1) is 0 Å². The van der Waals surface area contributed by atoms with Gasteiger partial charge < -0.3 is 5.32 Å². The van der Waals surface area contributed by atoms with E-state index in [0.717, 1.165) is 6.04 Å². The van der Waals surface area contributed by atoms with Crippen molar-refractivity contribution in [1.29, 1.82) is 0 Å². The van der Waals surface area contributed by atoms with Crippen LogP contribution in [0.2, 0.25) is 0 Å². The molecule has 2 heteroatoms. The monoisotopic (exact) mass is 292 g/mol. The van der Waals surface area contributed by atoms with Crippen LogP contribution >= 0.6 is 0 Å². The van der Waals surface area contributed by atoms with Crippen LogP contribution < -0.4 is 5.32 Å². The van der Waals surface area contributed by atoms with E-state index in [-0.39, 0.29) is 0 Å². The largest absolute Gasteiger partial charge is 0.308 e. The second-order valence-electron chi connectivity index (χ2n) is 8.08. The number of piperazine rings is 1. The second kappa shape index (κ2) is 6.58. The number of hydrogen-bond donors (Lipinski definition) is 1. The predicted octanol–water partition coefficient (Wildman–Crippen LogP) is 4.49. The smallest absolute Gasteiger partial charge is 0.0337 e. The van der Waals surface area contributed by atoms with Gasteiger partial charge in [0.15, 0.2) is 0 Å². The minimum Gasteiger partial charge on any atom is -0.308 e. The Morgan fingerprint density at radius 1 is 0.857 bits per heavy atom. The van der Waals surface area contributed by atoms with Gasteiger partial charge in [-0.05, 0) is 38.5 Å². The molecule has 1 aliphatic heterocycles. The Balaban J connectivity index is 1.81. The van der Waals surface area contributed by atoms with E-state index >= 15 is 0 Å². The number of nitrogens with one attached hydrogen (secondary N) is 1. The molecule has 122 valence electrons. The fourth-order valence-corrected chi connectivity index (χ4v) is 5.49. The van der Waals surface area contributed by atoms with Crippen molar-refractivity contribution in [3.63, 3.8) is 0 Å². The summed E-state index contributed by atoms with van der Waals surface area (Å²) in [5.74, 6) is 0. The van der Waals surface area contributed by atoms with Crippen LogP contribution in [0, 0.1) is 0 Å². The highest BCUT2D eigenvalue weighted by molar-refractivity contribution is 5.08. The molecule has 0 aromatic heterocycles. The molecule has 2 saturated carbocycles. The van der Waals surface area contributed by atoms with Crippen molar-refractivity contribution < 1.29 is 0 Å². The molecule has 0 bridgehead atoms. The summed E-state index contributed by atoms with van der Waals surface area (Å²) in [6.07, 6.45) is 17.1. The summed E-state index contributed by atoms with van der Waals surface area (Å²) in [6, 6.07) is 0.809. The average Bonchev–Trinajstić information content (AvgIpc) is 2.54. The van der Waals surface area contributed by atoms with Crippen molar-refractivity contribution in [2.45, 2.75) is 108 Å². The molecular formula is C19H36N2. The van der Waals surface area contributed by atoms with Crippen LogP contribution in [0.25, 0.3) is 0 Å². The first kappa shape index (κ1) is 15.8. The van der Waals surface area contributed by atoms with E-state index in [9.17, 15) is 0 Å². The maximum atomic E-state index is 4.09. The van der Waals surface area contributed by atoms with Gasteiger partial charge in [0.1, 0.15) is 0 Å². The average molecular weight is 293 g/mol. The molecule has 1 heterocycles. The standard InChI is InChI=1S/C19H36N2/c1-3-17(4-2)21-16-18(11-7-5-8-12-18)20-15-19(21)13-9-6-10-14-19/h17,20H,3-16H2,1-2H3. The van der Waals surface area contributed by atoms with Crippen LogP contribution in [0.3, 0.4) is 0 Å². The zero-order chi connectivity index (χ0) is 14.8. The van der Waals surface area contributed by atoms with Crippen molar-refractivity contribution in [2.24, 2.45) is 0 Å². The summed E-state index contributed by atoms with van der Waals surface area (Å²) < 4.78 is 0. The molecule has 0 aromatic carbocycles. The molecule has 1 saturated heterocycles. The van der Waals surface area contributed by atoms with Crippen LogP contribution in [-0.2, 0) is 0 Å². The van der Waals surface area contributed by atoms with Gasteiger partial charge in [0, 0.05) is 30.2 Å². The topological polar surface area (TPSA) is 15.3 Å². The molecule has 2 spiro atoms. The summed E-state index contributed by atoms with van der Waals surface area (Å²) in [4.78, 5) is 3.01. The van der Waals surface area contributed by atoms with Crippen molar-refractivity contribution in [3.8, 4) is 0 Å². The summed E-state index contributed by atoms with van der Waals surface area (Å²) in [5, 5.41) is 4.09. The lowest BCUT2D eigenvalue weighted by atomic mass is 9.72. The molecule has 0 radical (unpaired) electrons. The van der Waals surface area contributed by atoms with Gasteiger partial charge in [0.25, 0.3) is 0 Å². The molecule has 1 N–H and O–H groups in total. The lowest BCUT2D eigenvalue weighted by Gasteiger charge is -2.59. The molecule has 3 aliphatic rings. The van der Waals surface area contributed by atoms with Crippen molar-refractivity contribution in [2.75, 3.05) is 13.1 Å². The number of nitrogens with zero attached hydrogens (tertiary/aromatic N) is 1. The molecule has 2 nitrogen and oxygen atoms in total. The van der Waals surface area contributed by atoms with Gasteiger partial charge in [-0.15, -0.1) is 0 Å². The fourth-order valence-electron chi connectivity index (χ4n) is 5.49. The van der Waals surface area contributed by atoms with Gasteiger partial charge in [-0.2, -0.15) is 0 Å². The van der Waals surface area contributed by atoms with Gasteiger partial charge in [-0.1, -0.05) is 52.4 Å². The quantitative estimate of drug-likeness (QED) is 0.824. The van der Waals surface area contributed by atoms with Crippen LogP contribution in [0.5, 0.6) is 0 Å². The first-order valence-electron chi connectivity index (χ1n) is 9.75. The normalized spacial score (nSPS) is 29.3. The molecule has 3 fully saturated rings. The highest BCUT2D eigenvalue weighted by Crippen LogP contribution is 2.42.